The fourth-order valence-electron chi connectivity index (χ4n) is 3.59. The van der Waals surface area contributed by atoms with Gasteiger partial charge in [-0.15, -0.1) is 0 Å². The van der Waals surface area contributed by atoms with E-state index in [1.807, 2.05) is 35.2 Å². The molecule has 1 aliphatic rings. The van der Waals surface area contributed by atoms with Gasteiger partial charge in [0.15, 0.2) is 0 Å². The summed E-state index contributed by atoms with van der Waals surface area (Å²) in [6, 6.07) is 20.4. The number of urea groups is 1. The van der Waals surface area contributed by atoms with E-state index < -0.39 is 0 Å². The predicted octanol–water partition coefficient (Wildman–Crippen LogP) is 4.78. The Morgan fingerprint density at radius 2 is 1.81 bits per heavy atom. The fraction of sp³-hybridized carbons (Fsp3) is 0.0909. The lowest BCUT2D eigenvalue weighted by molar-refractivity contribution is 0.212. The number of H-pyrrole nitrogens is 1. The number of pyridine rings is 1. The number of hydrogen-bond acceptors (Lipinski definition) is 2. The molecule has 0 spiro atoms. The zero-order valence-corrected chi connectivity index (χ0v) is 14.6. The Hall–Kier alpha value is -3.60. The highest BCUT2D eigenvalue weighted by Crippen LogP contribution is 2.29. The van der Waals surface area contributed by atoms with Crippen LogP contribution in [-0.2, 0) is 13.1 Å². The van der Waals surface area contributed by atoms with E-state index in [9.17, 15) is 4.79 Å². The molecule has 0 saturated heterocycles. The van der Waals surface area contributed by atoms with Crippen molar-refractivity contribution in [1.82, 2.24) is 14.9 Å². The quantitative estimate of drug-likeness (QED) is 0.544. The average Bonchev–Trinajstić information content (AvgIpc) is 3.32. The lowest BCUT2D eigenvalue weighted by Crippen LogP contribution is -2.30. The molecule has 5 rings (SSSR count). The molecule has 2 amide bonds. The summed E-state index contributed by atoms with van der Waals surface area (Å²) in [7, 11) is 0. The SMILES string of the molecule is O=C(Nc1c[nH]c2cccnc12)N1Cc2ccc(-c3ccccc3)cc2C1. The molecule has 3 heterocycles. The van der Waals surface area contributed by atoms with Crippen molar-refractivity contribution in [3.05, 3.63) is 84.2 Å². The largest absolute Gasteiger partial charge is 0.358 e. The summed E-state index contributed by atoms with van der Waals surface area (Å²) in [5.74, 6) is 0. The fourth-order valence-corrected chi connectivity index (χ4v) is 3.59. The molecule has 5 heteroatoms. The molecule has 0 bridgehead atoms. The highest BCUT2D eigenvalue weighted by molar-refractivity contribution is 5.99. The Morgan fingerprint density at radius 3 is 2.70 bits per heavy atom. The number of rotatable bonds is 2. The number of anilines is 1. The van der Waals surface area contributed by atoms with Gasteiger partial charge in [-0.25, -0.2) is 4.79 Å². The van der Waals surface area contributed by atoms with Gasteiger partial charge in [-0.1, -0.05) is 42.5 Å². The van der Waals surface area contributed by atoms with E-state index in [1.54, 1.807) is 12.4 Å². The lowest BCUT2D eigenvalue weighted by atomic mass is 10.0. The number of carbonyl (C=O) groups excluding carboxylic acids is 1. The van der Waals surface area contributed by atoms with Crippen LogP contribution in [0, 0.1) is 0 Å². The molecule has 5 nitrogen and oxygen atoms in total. The Morgan fingerprint density at radius 1 is 0.963 bits per heavy atom. The van der Waals surface area contributed by atoms with Crippen molar-refractivity contribution in [3.8, 4) is 11.1 Å². The summed E-state index contributed by atoms with van der Waals surface area (Å²) in [6.45, 7) is 1.23. The zero-order chi connectivity index (χ0) is 18.2. The standard InChI is InChI=1S/C22H18N4O/c27-22(25-20-12-24-19-7-4-10-23-21(19)20)26-13-17-9-8-16(11-18(17)14-26)15-5-2-1-3-6-15/h1-12,24H,13-14H2,(H,25,27). The lowest BCUT2D eigenvalue weighted by Gasteiger charge is -2.15. The maximum atomic E-state index is 12.8. The first-order chi connectivity index (χ1) is 13.3. The second-order valence-corrected chi connectivity index (χ2v) is 6.74. The third kappa shape index (κ3) is 2.83. The van der Waals surface area contributed by atoms with Crippen LogP contribution in [0.5, 0.6) is 0 Å². The second kappa shape index (κ2) is 6.29. The molecule has 0 saturated carbocycles. The van der Waals surface area contributed by atoms with Gasteiger partial charge < -0.3 is 15.2 Å². The molecule has 0 fully saturated rings. The smallest absolute Gasteiger partial charge is 0.322 e. The average molecular weight is 354 g/mol. The van der Waals surface area contributed by atoms with E-state index in [4.69, 9.17) is 0 Å². The number of carbonyl (C=O) groups is 1. The minimum absolute atomic E-state index is 0.112. The van der Waals surface area contributed by atoms with E-state index in [0.717, 1.165) is 11.0 Å². The summed E-state index contributed by atoms with van der Waals surface area (Å²) in [5, 5.41) is 2.98. The van der Waals surface area contributed by atoms with Crippen molar-refractivity contribution < 1.29 is 4.79 Å². The normalized spacial score (nSPS) is 13.0. The monoisotopic (exact) mass is 354 g/mol. The van der Waals surface area contributed by atoms with Crippen LogP contribution >= 0.6 is 0 Å². The molecule has 2 aromatic carbocycles. The molecule has 0 atom stereocenters. The molecule has 2 N–H and O–H groups in total. The van der Waals surface area contributed by atoms with E-state index in [-0.39, 0.29) is 6.03 Å². The van der Waals surface area contributed by atoms with Crippen molar-refractivity contribution >= 4 is 22.8 Å². The Kier molecular flexibility index (Phi) is 3.64. The summed E-state index contributed by atoms with van der Waals surface area (Å²) in [5.41, 5.74) is 7.14. The molecule has 27 heavy (non-hydrogen) atoms. The molecule has 0 unspecified atom stereocenters. The Balaban J connectivity index is 1.35. The molecule has 2 aromatic heterocycles. The van der Waals surface area contributed by atoms with E-state index >= 15 is 0 Å². The van der Waals surface area contributed by atoms with Crippen molar-refractivity contribution in [2.75, 3.05) is 5.32 Å². The van der Waals surface area contributed by atoms with Crippen LogP contribution in [0.1, 0.15) is 11.1 Å². The minimum atomic E-state index is -0.112. The molecular formula is C22H18N4O. The maximum absolute atomic E-state index is 12.8. The molecule has 4 aromatic rings. The van der Waals surface area contributed by atoms with E-state index in [0.29, 0.717) is 18.8 Å². The zero-order valence-electron chi connectivity index (χ0n) is 14.6. The highest BCUT2D eigenvalue weighted by Gasteiger charge is 2.24. The highest BCUT2D eigenvalue weighted by atomic mass is 16.2. The number of nitrogens with zero attached hydrogens (tertiary/aromatic N) is 2. The molecule has 132 valence electrons. The van der Waals surface area contributed by atoms with Gasteiger partial charge in [0, 0.05) is 25.5 Å². The van der Waals surface area contributed by atoms with Crippen molar-refractivity contribution in [2.24, 2.45) is 0 Å². The van der Waals surface area contributed by atoms with Crippen molar-refractivity contribution in [1.29, 1.82) is 0 Å². The molecule has 0 aliphatic carbocycles. The van der Waals surface area contributed by atoms with E-state index in [2.05, 4.69) is 45.6 Å². The first kappa shape index (κ1) is 15.6. The summed E-state index contributed by atoms with van der Waals surface area (Å²) < 4.78 is 0. The molecule has 0 radical (unpaired) electrons. The van der Waals surface area contributed by atoms with Gasteiger partial charge in [0.25, 0.3) is 0 Å². The topological polar surface area (TPSA) is 61.0 Å². The number of benzene rings is 2. The van der Waals surface area contributed by atoms with Crippen LogP contribution in [0.4, 0.5) is 10.5 Å². The first-order valence-corrected chi connectivity index (χ1v) is 8.93. The third-order valence-electron chi connectivity index (χ3n) is 5.00. The summed E-state index contributed by atoms with van der Waals surface area (Å²) in [6.07, 6.45) is 3.51. The van der Waals surface area contributed by atoms with Crippen LogP contribution < -0.4 is 5.32 Å². The van der Waals surface area contributed by atoms with Gasteiger partial charge in [-0.05, 0) is 40.5 Å². The molecular weight excluding hydrogens is 336 g/mol. The van der Waals surface area contributed by atoms with Gasteiger partial charge in [-0.3, -0.25) is 4.98 Å². The van der Waals surface area contributed by atoms with Gasteiger partial charge >= 0.3 is 6.03 Å². The van der Waals surface area contributed by atoms with Gasteiger partial charge in [-0.2, -0.15) is 0 Å². The number of aromatic nitrogens is 2. The number of aromatic amines is 1. The maximum Gasteiger partial charge on any atom is 0.322 e. The van der Waals surface area contributed by atoms with Gasteiger partial charge in [0.2, 0.25) is 0 Å². The van der Waals surface area contributed by atoms with Crippen LogP contribution in [-0.4, -0.2) is 20.9 Å². The number of amides is 2. The summed E-state index contributed by atoms with van der Waals surface area (Å²) in [4.78, 5) is 22.0. The van der Waals surface area contributed by atoms with Crippen molar-refractivity contribution in [3.63, 3.8) is 0 Å². The number of nitrogens with one attached hydrogen (secondary N) is 2. The Bertz CT molecular complexity index is 1130. The van der Waals surface area contributed by atoms with Crippen LogP contribution in [0.2, 0.25) is 0 Å². The van der Waals surface area contributed by atoms with Crippen LogP contribution in [0.3, 0.4) is 0 Å². The third-order valence-corrected chi connectivity index (χ3v) is 5.00. The number of hydrogen-bond donors (Lipinski definition) is 2. The predicted molar refractivity (Wildman–Crippen MR) is 106 cm³/mol. The summed E-state index contributed by atoms with van der Waals surface area (Å²) >= 11 is 0. The minimum Gasteiger partial charge on any atom is -0.358 e. The number of fused-ring (bicyclic) bond motifs is 2. The van der Waals surface area contributed by atoms with Gasteiger partial charge in [0.1, 0.15) is 5.52 Å². The van der Waals surface area contributed by atoms with E-state index in [1.165, 1.54) is 22.3 Å². The Labute approximate surface area is 156 Å². The van der Waals surface area contributed by atoms with Crippen molar-refractivity contribution in [2.45, 2.75) is 13.1 Å². The first-order valence-electron chi connectivity index (χ1n) is 8.93. The van der Waals surface area contributed by atoms with Crippen LogP contribution in [0.15, 0.2) is 73.1 Å². The van der Waals surface area contributed by atoms with Crippen LogP contribution in [0.25, 0.3) is 22.2 Å². The second-order valence-electron chi connectivity index (χ2n) is 6.74. The molecule has 1 aliphatic heterocycles. The van der Waals surface area contributed by atoms with Gasteiger partial charge in [0.05, 0.1) is 11.2 Å².